The summed E-state index contributed by atoms with van der Waals surface area (Å²) in [6.45, 7) is 3.09. The third-order valence-corrected chi connectivity index (χ3v) is 10.0. The first-order chi connectivity index (χ1) is 18.7. The van der Waals surface area contributed by atoms with E-state index in [1.807, 2.05) is 36.4 Å². The number of fused-ring (bicyclic) bond motifs is 2. The van der Waals surface area contributed by atoms with E-state index >= 15 is 0 Å². The van der Waals surface area contributed by atoms with Crippen molar-refractivity contribution in [2.45, 2.75) is 88.8 Å². The number of amides is 2. The third kappa shape index (κ3) is 4.79. The van der Waals surface area contributed by atoms with Crippen LogP contribution in [0.2, 0.25) is 0 Å². The smallest absolute Gasteiger partial charge is 0.235 e. The number of hydrogen-bond donors (Lipinski definition) is 0. The van der Waals surface area contributed by atoms with Gasteiger partial charge >= 0.3 is 0 Å². The maximum Gasteiger partial charge on any atom is 0.235 e. The fourth-order valence-electron chi connectivity index (χ4n) is 8.03. The van der Waals surface area contributed by atoms with Gasteiger partial charge in [-0.1, -0.05) is 93.5 Å². The summed E-state index contributed by atoms with van der Waals surface area (Å²) in [7, 11) is 0. The number of benzene rings is 2. The predicted octanol–water partition coefficient (Wildman–Crippen LogP) is 6.04. The lowest BCUT2D eigenvalue weighted by molar-refractivity contribution is -0.141. The second kappa shape index (κ2) is 11.2. The Bertz CT molecular complexity index is 1090. The summed E-state index contributed by atoms with van der Waals surface area (Å²) in [5.41, 5.74) is 1.90. The van der Waals surface area contributed by atoms with Crippen molar-refractivity contribution < 1.29 is 9.59 Å². The average Bonchev–Trinajstić information content (AvgIpc) is 3.41. The molecule has 0 aromatic heterocycles. The Labute approximate surface area is 228 Å². The lowest BCUT2D eigenvalue weighted by Crippen LogP contribution is -2.59. The van der Waals surface area contributed by atoms with E-state index in [1.165, 1.54) is 57.8 Å². The van der Waals surface area contributed by atoms with Crippen LogP contribution in [0.4, 0.5) is 5.69 Å². The van der Waals surface area contributed by atoms with Gasteiger partial charge < -0.3 is 9.80 Å². The van der Waals surface area contributed by atoms with E-state index in [1.54, 1.807) is 4.90 Å². The number of piperidine rings is 1. The zero-order valence-corrected chi connectivity index (χ0v) is 22.8. The summed E-state index contributed by atoms with van der Waals surface area (Å²) in [6, 6.07) is 21.2. The summed E-state index contributed by atoms with van der Waals surface area (Å²) < 4.78 is 0. The minimum Gasteiger partial charge on any atom is -0.364 e. The highest BCUT2D eigenvalue weighted by Gasteiger charge is 2.65. The van der Waals surface area contributed by atoms with Crippen LogP contribution in [0, 0.1) is 11.8 Å². The summed E-state index contributed by atoms with van der Waals surface area (Å²) in [5.74, 6) is -0.414. The topological polar surface area (TPSA) is 43.9 Å². The molecule has 6 rings (SSSR count). The number of carbonyl (C=O) groups is 2. The van der Waals surface area contributed by atoms with Gasteiger partial charge in [-0.05, 0) is 43.4 Å². The molecule has 0 radical (unpaired) electrons. The van der Waals surface area contributed by atoms with Crippen LogP contribution in [-0.2, 0) is 16.1 Å². The van der Waals surface area contributed by atoms with Crippen LogP contribution in [0.25, 0.3) is 0 Å². The van der Waals surface area contributed by atoms with Crippen LogP contribution >= 0.6 is 0 Å². The highest BCUT2D eigenvalue weighted by molar-refractivity contribution is 6.07. The first-order valence-electron chi connectivity index (χ1n) is 15.1. The van der Waals surface area contributed by atoms with E-state index in [-0.39, 0.29) is 29.2 Å². The number of rotatable bonds is 4. The zero-order valence-electron chi connectivity index (χ0n) is 22.8. The Morgan fingerprint density at radius 1 is 0.711 bits per heavy atom. The molecule has 202 valence electrons. The van der Waals surface area contributed by atoms with Crippen LogP contribution < -0.4 is 4.90 Å². The number of hydrogen-bond acceptors (Lipinski definition) is 4. The van der Waals surface area contributed by atoms with Gasteiger partial charge in [0, 0.05) is 31.4 Å². The van der Waals surface area contributed by atoms with Crippen molar-refractivity contribution >= 4 is 17.5 Å². The van der Waals surface area contributed by atoms with Crippen molar-refractivity contribution in [3.05, 3.63) is 66.2 Å². The van der Waals surface area contributed by atoms with Gasteiger partial charge in [0.25, 0.3) is 0 Å². The van der Waals surface area contributed by atoms with Gasteiger partial charge in [-0.3, -0.25) is 14.5 Å². The van der Waals surface area contributed by atoms with Crippen molar-refractivity contribution in [1.82, 2.24) is 9.80 Å². The van der Waals surface area contributed by atoms with Crippen molar-refractivity contribution in [3.8, 4) is 0 Å². The second-order valence-electron chi connectivity index (χ2n) is 12.1. The van der Waals surface area contributed by atoms with Gasteiger partial charge in [0.15, 0.2) is 0 Å². The monoisotopic (exact) mass is 513 g/mol. The average molecular weight is 514 g/mol. The summed E-state index contributed by atoms with van der Waals surface area (Å²) in [6.07, 6.45) is 14.1. The molecule has 0 N–H and O–H groups in total. The maximum atomic E-state index is 14.1. The first-order valence-corrected chi connectivity index (χ1v) is 15.1. The molecule has 1 saturated carbocycles. The standard InChI is InChI=1S/C33H43N3O2/c37-31-29-25-36(28-18-12-7-13-19-28)33(30(29)32(38)35(31)24-26-14-8-6-9-15-26)20-22-34(23-21-33)27-16-10-4-2-1-3-5-11-17-27/h6-9,12-15,18-19,27,29-30H,1-5,10-11,16-17,20-25H2. The van der Waals surface area contributed by atoms with Crippen LogP contribution in [0.3, 0.4) is 0 Å². The number of anilines is 1. The van der Waals surface area contributed by atoms with Crippen LogP contribution in [0.5, 0.6) is 0 Å². The van der Waals surface area contributed by atoms with Crippen molar-refractivity contribution in [3.63, 3.8) is 0 Å². The SMILES string of the molecule is O=C1C2CN(c3ccccc3)C3(CCN(C4CCCCCCCCC4)CC3)C2C(=O)N1Cc1ccccc1. The molecule has 4 fully saturated rings. The third-order valence-electron chi connectivity index (χ3n) is 10.0. The number of imide groups is 1. The molecule has 3 heterocycles. The molecule has 2 aromatic rings. The summed E-state index contributed by atoms with van der Waals surface area (Å²) in [5, 5.41) is 0. The van der Waals surface area contributed by atoms with Gasteiger partial charge in [0.2, 0.25) is 11.8 Å². The van der Waals surface area contributed by atoms with Gasteiger partial charge in [-0.15, -0.1) is 0 Å². The summed E-state index contributed by atoms with van der Waals surface area (Å²) >= 11 is 0. The van der Waals surface area contributed by atoms with Crippen molar-refractivity contribution in [1.29, 1.82) is 0 Å². The molecule has 1 aliphatic carbocycles. The van der Waals surface area contributed by atoms with E-state index < -0.39 is 0 Å². The molecule has 1 spiro atoms. The molecule has 2 aromatic carbocycles. The summed E-state index contributed by atoms with van der Waals surface area (Å²) in [4.78, 5) is 34.5. The number of nitrogens with zero attached hydrogens (tertiary/aromatic N) is 3. The Balaban J connectivity index is 1.25. The van der Waals surface area contributed by atoms with Crippen LogP contribution in [0.15, 0.2) is 60.7 Å². The number of likely N-dealkylation sites (tertiary alicyclic amines) is 2. The van der Waals surface area contributed by atoms with E-state index in [9.17, 15) is 9.59 Å². The minimum absolute atomic E-state index is 0.0245. The Kier molecular flexibility index (Phi) is 7.56. The Hall–Kier alpha value is -2.66. The first kappa shape index (κ1) is 25.6. The minimum atomic E-state index is -0.281. The molecule has 5 heteroatoms. The van der Waals surface area contributed by atoms with Gasteiger partial charge in [-0.2, -0.15) is 0 Å². The quantitative estimate of drug-likeness (QED) is 0.468. The molecule has 4 aliphatic rings. The normalized spacial score (nSPS) is 27.2. The molecular weight excluding hydrogens is 470 g/mol. The van der Waals surface area contributed by atoms with Gasteiger partial charge in [0.05, 0.1) is 23.9 Å². The lowest BCUT2D eigenvalue weighted by Gasteiger charge is -2.50. The van der Waals surface area contributed by atoms with Gasteiger partial charge in [0.1, 0.15) is 0 Å². The molecule has 0 bridgehead atoms. The largest absolute Gasteiger partial charge is 0.364 e. The Morgan fingerprint density at radius 3 is 1.92 bits per heavy atom. The fourth-order valence-corrected chi connectivity index (χ4v) is 8.03. The predicted molar refractivity (Wildman–Crippen MR) is 152 cm³/mol. The van der Waals surface area contributed by atoms with E-state index in [4.69, 9.17) is 0 Å². The van der Waals surface area contributed by atoms with Crippen LogP contribution in [0.1, 0.15) is 76.2 Å². The molecule has 5 nitrogen and oxygen atoms in total. The molecule has 3 saturated heterocycles. The maximum absolute atomic E-state index is 14.1. The van der Waals surface area contributed by atoms with Crippen LogP contribution in [-0.4, -0.2) is 52.8 Å². The second-order valence-corrected chi connectivity index (χ2v) is 12.1. The van der Waals surface area contributed by atoms with E-state index in [0.717, 1.165) is 37.2 Å². The van der Waals surface area contributed by atoms with Gasteiger partial charge in [-0.25, -0.2) is 0 Å². The highest BCUT2D eigenvalue weighted by atomic mass is 16.2. The molecule has 2 amide bonds. The van der Waals surface area contributed by atoms with Crippen molar-refractivity contribution in [2.75, 3.05) is 24.5 Å². The number of para-hydroxylation sites is 1. The molecule has 2 atom stereocenters. The number of carbonyl (C=O) groups excluding carboxylic acids is 2. The molecule has 3 aliphatic heterocycles. The lowest BCUT2D eigenvalue weighted by atomic mass is 9.74. The fraction of sp³-hybridized carbons (Fsp3) is 0.576. The van der Waals surface area contributed by atoms with E-state index in [0.29, 0.717) is 19.1 Å². The zero-order chi connectivity index (χ0) is 26.0. The van der Waals surface area contributed by atoms with E-state index in [2.05, 4.69) is 34.1 Å². The molecular formula is C33H43N3O2. The van der Waals surface area contributed by atoms with Crippen molar-refractivity contribution in [2.24, 2.45) is 11.8 Å². The molecule has 2 unspecified atom stereocenters. The molecule has 38 heavy (non-hydrogen) atoms. The highest BCUT2D eigenvalue weighted by Crippen LogP contribution is 2.52. The Morgan fingerprint density at radius 2 is 1.29 bits per heavy atom.